The van der Waals surface area contributed by atoms with Gasteiger partial charge in [0.1, 0.15) is 5.58 Å². The van der Waals surface area contributed by atoms with Crippen LogP contribution in [0.25, 0.3) is 33.2 Å². The molecule has 0 aliphatic heterocycles. The Bertz CT molecular complexity index is 1110. The highest BCUT2D eigenvalue weighted by molar-refractivity contribution is 6.31. The van der Waals surface area contributed by atoms with Crippen molar-refractivity contribution in [2.45, 2.75) is 6.29 Å². The molecule has 0 aliphatic carbocycles. The molecule has 0 fully saturated rings. The lowest BCUT2D eigenvalue weighted by atomic mass is 9.99. The predicted octanol–water partition coefficient (Wildman–Crippen LogP) is 3.58. The summed E-state index contributed by atoms with van der Waals surface area (Å²) >= 11 is 6.04. The fourth-order valence-electron chi connectivity index (χ4n) is 2.92. The van der Waals surface area contributed by atoms with Gasteiger partial charge in [-0.05, 0) is 23.8 Å². The van der Waals surface area contributed by atoms with Gasteiger partial charge in [0.2, 0.25) is 0 Å². The monoisotopic (exact) mass is 341 g/mol. The Hall–Kier alpha value is -2.60. The first kappa shape index (κ1) is 15.0. The lowest BCUT2D eigenvalue weighted by molar-refractivity contribution is -0.0430. The Morgan fingerprint density at radius 2 is 1.83 bits per heavy atom. The van der Waals surface area contributed by atoms with Gasteiger partial charge in [0, 0.05) is 16.0 Å². The minimum absolute atomic E-state index is 0.154. The van der Waals surface area contributed by atoms with E-state index in [0.29, 0.717) is 38.2 Å². The lowest BCUT2D eigenvalue weighted by Crippen LogP contribution is -2.17. The summed E-state index contributed by atoms with van der Waals surface area (Å²) in [5.74, 6) is 0. The number of aliphatic hydroxyl groups is 2. The molecule has 2 aromatic heterocycles. The van der Waals surface area contributed by atoms with Gasteiger partial charge >= 0.3 is 0 Å². The van der Waals surface area contributed by atoms with E-state index in [1.165, 1.54) is 0 Å². The van der Waals surface area contributed by atoms with Gasteiger partial charge in [-0.3, -0.25) is 4.79 Å². The van der Waals surface area contributed by atoms with Crippen LogP contribution in [0.2, 0.25) is 5.02 Å². The number of aliphatic hydroxyl groups excluding tert-OH is 1. The summed E-state index contributed by atoms with van der Waals surface area (Å²) in [5.41, 5.74) is 1.67. The summed E-state index contributed by atoms with van der Waals surface area (Å²) in [6.45, 7) is 0. The summed E-state index contributed by atoms with van der Waals surface area (Å²) in [6.07, 6.45) is -1.93. The SMILES string of the molecule is O=c1[nH]c2c(oc3ccc(Cl)cc32)c(-c2ccccc2)c1C(O)O. The van der Waals surface area contributed by atoms with Crippen LogP contribution in [0.15, 0.2) is 57.7 Å². The molecule has 0 atom stereocenters. The van der Waals surface area contributed by atoms with Crippen LogP contribution in [0.5, 0.6) is 0 Å². The fourth-order valence-corrected chi connectivity index (χ4v) is 3.10. The van der Waals surface area contributed by atoms with Crippen LogP contribution in [0, 0.1) is 0 Å². The smallest absolute Gasteiger partial charge is 0.257 e. The van der Waals surface area contributed by atoms with E-state index in [2.05, 4.69) is 4.98 Å². The van der Waals surface area contributed by atoms with Crippen molar-refractivity contribution in [2.75, 3.05) is 0 Å². The third-order valence-corrected chi connectivity index (χ3v) is 4.19. The number of furan rings is 1. The number of hydrogen-bond donors (Lipinski definition) is 3. The molecule has 0 aliphatic rings. The first-order valence-corrected chi connectivity index (χ1v) is 7.63. The van der Waals surface area contributed by atoms with Crippen molar-refractivity contribution in [1.29, 1.82) is 0 Å². The van der Waals surface area contributed by atoms with E-state index in [9.17, 15) is 15.0 Å². The number of fused-ring (bicyclic) bond motifs is 3. The molecular weight excluding hydrogens is 330 g/mol. The maximum absolute atomic E-state index is 12.4. The van der Waals surface area contributed by atoms with Crippen molar-refractivity contribution in [1.82, 2.24) is 4.98 Å². The summed E-state index contributed by atoms with van der Waals surface area (Å²) in [6, 6.07) is 14.1. The summed E-state index contributed by atoms with van der Waals surface area (Å²) in [4.78, 5) is 15.1. The van der Waals surface area contributed by atoms with Gasteiger partial charge in [-0.25, -0.2) is 0 Å². The normalized spacial score (nSPS) is 11.7. The number of pyridine rings is 1. The van der Waals surface area contributed by atoms with Crippen LogP contribution in [-0.2, 0) is 0 Å². The van der Waals surface area contributed by atoms with Crippen molar-refractivity contribution >= 4 is 33.7 Å². The number of H-pyrrole nitrogens is 1. The molecular formula is C18H12ClNO4. The molecule has 4 rings (SSSR count). The minimum atomic E-state index is -1.93. The standard InChI is InChI=1S/C18H12ClNO4/c19-10-6-7-12-11(8-10)15-16(24-12)13(9-4-2-1-3-5-9)14(18(22)23)17(21)20-15/h1-8,18,22-23H,(H,20,21). The second-order valence-corrected chi connectivity index (χ2v) is 5.87. The average molecular weight is 342 g/mol. The molecule has 0 spiro atoms. The van der Waals surface area contributed by atoms with Crippen molar-refractivity contribution in [2.24, 2.45) is 0 Å². The molecule has 0 saturated heterocycles. The topological polar surface area (TPSA) is 86.5 Å². The Labute approximate surface area is 140 Å². The van der Waals surface area contributed by atoms with E-state index >= 15 is 0 Å². The van der Waals surface area contributed by atoms with E-state index < -0.39 is 11.8 Å². The average Bonchev–Trinajstić information content (AvgIpc) is 2.91. The maximum atomic E-state index is 12.4. The van der Waals surface area contributed by atoms with Crippen molar-refractivity contribution in [3.63, 3.8) is 0 Å². The highest BCUT2D eigenvalue weighted by Gasteiger charge is 2.23. The van der Waals surface area contributed by atoms with Gasteiger partial charge in [0.05, 0.1) is 11.1 Å². The number of halogens is 1. The second kappa shape index (κ2) is 5.49. The molecule has 2 heterocycles. The fraction of sp³-hybridized carbons (Fsp3) is 0.0556. The Morgan fingerprint density at radius 3 is 2.54 bits per heavy atom. The molecule has 0 bridgehead atoms. The third kappa shape index (κ3) is 2.22. The van der Waals surface area contributed by atoms with Crippen LogP contribution >= 0.6 is 11.6 Å². The van der Waals surface area contributed by atoms with Crippen LogP contribution in [-0.4, -0.2) is 15.2 Å². The van der Waals surface area contributed by atoms with E-state index in [4.69, 9.17) is 16.0 Å². The number of aromatic amines is 1. The number of hydrogen-bond acceptors (Lipinski definition) is 4. The first-order chi connectivity index (χ1) is 11.6. The van der Waals surface area contributed by atoms with Crippen molar-refractivity contribution in [3.8, 4) is 11.1 Å². The van der Waals surface area contributed by atoms with Crippen LogP contribution in [0.1, 0.15) is 11.9 Å². The molecule has 5 nitrogen and oxygen atoms in total. The van der Waals surface area contributed by atoms with Crippen molar-refractivity contribution < 1.29 is 14.6 Å². The number of aromatic nitrogens is 1. The maximum Gasteiger partial charge on any atom is 0.257 e. The zero-order chi connectivity index (χ0) is 16.8. The lowest BCUT2D eigenvalue weighted by Gasteiger charge is -2.11. The molecule has 0 amide bonds. The van der Waals surface area contributed by atoms with E-state index in [1.54, 1.807) is 42.5 Å². The predicted molar refractivity (Wildman–Crippen MR) is 92.0 cm³/mol. The first-order valence-electron chi connectivity index (χ1n) is 7.26. The number of rotatable bonds is 2. The van der Waals surface area contributed by atoms with E-state index in [1.807, 2.05) is 6.07 Å². The zero-order valence-electron chi connectivity index (χ0n) is 12.3. The molecule has 120 valence electrons. The van der Waals surface area contributed by atoms with Crippen LogP contribution in [0.3, 0.4) is 0 Å². The van der Waals surface area contributed by atoms with E-state index in [0.717, 1.165) is 0 Å². The molecule has 0 saturated carbocycles. The summed E-state index contributed by atoms with van der Waals surface area (Å²) in [5, 5.41) is 20.6. The molecule has 4 aromatic rings. The van der Waals surface area contributed by atoms with Crippen molar-refractivity contribution in [3.05, 3.63) is 69.5 Å². The largest absolute Gasteiger partial charge is 0.454 e. The Balaban J connectivity index is 2.23. The second-order valence-electron chi connectivity index (χ2n) is 5.43. The highest BCUT2D eigenvalue weighted by atomic mass is 35.5. The summed E-state index contributed by atoms with van der Waals surface area (Å²) in [7, 11) is 0. The number of benzene rings is 2. The van der Waals surface area contributed by atoms with Gasteiger partial charge < -0.3 is 19.6 Å². The van der Waals surface area contributed by atoms with E-state index in [-0.39, 0.29) is 5.56 Å². The summed E-state index contributed by atoms with van der Waals surface area (Å²) < 4.78 is 5.89. The zero-order valence-corrected chi connectivity index (χ0v) is 13.0. The molecule has 2 aromatic carbocycles. The molecule has 3 N–H and O–H groups in total. The van der Waals surface area contributed by atoms with Gasteiger partial charge in [-0.15, -0.1) is 0 Å². The minimum Gasteiger partial charge on any atom is -0.454 e. The van der Waals surface area contributed by atoms with Gasteiger partial charge in [-0.2, -0.15) is 0 Å². The quantitative estimate of drug-likeness (QED) is 0.486. The van der Waals surface area contributed by atoms with Gasteiger partial charge in [0.15, 0.2) is 11.9 Å². The number of nitrogens with one attached hydrogen (secondary N) is 1. The van der Waals surface area contributed by atoms with Gasteiger partial charge in [0.25, 0.3) is 5.56 Å². The Kier molecular flexibility index (Phi) is 3.42. The molecule has 6 heteroatoms. The van der Waals surface area contributed by atoms with Crippen LogP contribution in [0.4, 0.5) is 0 Å². The molecule has 0 radical (unpaired) electrons. The third-order valence-electron chi connectivity index (χ3n) is 3.95. The highest BCUT2D eigenvalue weighted by Crippen LogP contribution is 2.37. The van der Waals surface area contributed by atoms with Crippen LogP contribution < -0.4 is 5.56 Å². The molecule has 0 unspecified atom stereocenters. The Morgan fingerprint density at radius 1 is 1.08 bits per heavy atom. The van der Waals surface area contributed by atoms with Gasteiger partial charge in [-0.1, -0.05) is 41.9 Å². The molecule has 24 heavy (non-hydrogen) atoms.